The van der Waals surface area contributed by atoms with Gasteiger partial charge in [0.15, 0.2) is 0 Å². The van der Waals surface area contributed by atoms with Gasteiger partial charge in [0.2, 0.25) is 5.91 Å². The first-order valence-electron chi connectivity index (χ1n) is 7.54. The maximum Gasteiger partial charge on any atom is 0.241 e. The highest BCUT2D eigenvalue weighted by Gasteiger charge is 2.33. The second-order valence-electron chi connectivity index (χ2n) is 5.63. The molecule has 0 radical (unpaired) electrons. The fourth-order valence-electron chi connectivity index (χ4n) is 2.75. The minimum atomic E-state index is 0.0355. The molecule has 2 heterocycles. The fraction of sp³-hybridized carbons (Fsp3) is 0.929. The van der Waals surface area contributed by atoms with Crippen LogP contribution in [0.1, 0.15) is 26.7 Å². The number of carbonyl (C=O) groups is 1. The van der Waals surface area contributed by atoms with Gasteiger partial charge in [-0.2, -0.15) is 0 Å². The van der Waals surface area contributed by atoms with Gasteiger partial charge >= 0.3 is 0 Å². The number of nitrogens with zero attached hydrogens (tertiary/aromatic N) is 2. The first-order valence-corrected chi connectivity index (χ1v) is 7.54. The zero-order chi connectivity index (χ0) is 13.7. The Hall–Kier alpha value is -0.650. The van der Waals surface area contributed by atoms with Crippen LogP contribution in [0.3, 0.4) is 0 Å². The second-order valence-corrected chi connectivity index (χ2v) is 5.63. The molecule has 2 atom stereocenters. The molecule has 2 unspecified atom stereocenters. The third kappa shape index (κ3) is 3.91. The summed E-state index contributed by atoms with van der Waals surface area (Å²) < 4.78 is 5.33. The molecule has 2 fully saturated rings. The van der Waals surface area contributed by atoms with E-state index in [4.69, 9.17) is 4.74 Å². The molecule has 5 nitrogen and oxygen atoms in total. The first kappa shape index (κ1) is 14.8. The summed E-state index contributed by atoms with van der Waals surface area (Å²) in [5, 5.41) is 3.34. The van der Waals surface area contributed by atoms with Crippen molar-refractivity contribution in [1.82, 2.24) is 15.1 Å². The molecule has 2 saturated heterocycles. The van der Waals surface area contributed by atoms with Gasteiger partial charge in [-0.15, -0.1) is 0 Å². The average molecular weight is 269 g/mol. The summed E-state index contributed by atoms with van der Waals surface area (Å²) in [6.45, 7) is 10.7. The zero-order valence-corrected chi connectivity index (χ0v) is 12.2. The molecule has 110 valence electrons. The zero-order valence-electron chi connectivity index (χ0n) is 12.2. The van der Waals surface area contributed by atoms with Crippen LogP contribution in [-0.4, -0.2) is 67.8 Å². The van der Waals surface area contributed by atoms with E-state index in [-0.39, 0.29) is 11.9 Å². The van der Waals surface area contributed by atoms with Crippen molar-refractivity contribution in [3.05, 3.63) is 0 Å². The summed E-state index contributed by atoms with van der Waals surface area (Å²) in [6.07, 6.45) is 2.10. The summed E-state index contributed by atoms with van der Waals surface area (Å²) >= 11 is 0. The fourth-order valence-corrected chi connectivity index (χ4v) is 2.75. The van der Waals surface area contributed by atoms with Crippen LogP contribution < -0.4 is 5.32 Å². The predicted molar refractivity (Wildman–Crippen MR) is 74.8 cm³/mol. The lowest BCUT2D eigenvalue weighted by Crippen LogP contribution is -2.39. The largest absolute Gasteiger partial charge is 0.379 e. The highest BCUT2D eigenvalue weighted by molar-refractivity contribution is 5.84. The van der Waals surface area contributed by atoms with Crippen LogP contribution in [0.4, 0.5) is 0 Å². The molecule has 5 heteroatoms. The minimum absolute atomic E-state index is 0.0355. The smallest absolute Gasteiger partial charge is 0.241 e. The van der Waals surface area contributed by atoms with Crippen molar-refractivity contribution < 1.29 is 9.53 Å². The molecule has 0 aromatic rings. The van der Waals surface area contributed by atoms with Crippen molar-refractivity contribution in [3.8, 4) is 0 Å². The van der Waals surface area contributed by atoms with E-state index in [2.05, 4.69) is 24.1 Å². The topological polar surface area (TPSA) is 44.8 Å². The van der Waals surface area contributed by atoms with Crippen LogP contribution in [0.15, 0.2) is 0 Å². The second kappa shape index (κ2) is 7.22. The Kier molecular flexibility index (Phi) is 5.60. The van der Waals surface area contributed by atoms with Gasteiger partial charge in [-0.3, -0.25) is 15.0 Å². The van der Waals surface area contributed by atoms with Crippen molar-refractivity contribution in [2.75, 3.05) is 46.1 Å². The van der Waals surface area contributed by atoms with Crippen LogP contribution in [0.25, 0.3) is 0 Å². The maximum absolute atomic E-state index is 12.2. The van der Waals surface area contributed by atoms with Crippen molar-refractivity contribution in [3.63, 3.8) is 0 Å². The molecule has 19 heavy (non-hydrogen) atoms. The number of amides is 1. The van der Waals surface area contributed by atoms with Gasteiger partial charge in [0.25, 0.3) is 0 Å². The lowest BCUT2D eigenvalue weighted by atomic mass is 9.99. The van der Waals surface area contributed by atoms with Crippen LogP contribution in [0.2, 0.25) is 0 Å². The summed E-state index contributed by atoms with van der Waals surface area (Å²) in [4.78, 5) is 16.6. The SMILES string of the molecule is CCC(C)C1NCN(CCCN2CCOCC2)C1=O. The molecule has 0 aromatic carbocycles. The lowest BCUT2D eigenvalue weighted by molar-refractivity contribution is -0.129. The van der Waals surface area contributed by atoms with Gasteiger partial charge in [-0.25, -0.2) is 0 Å². The Morgan fingerprint density at radius 2 is 2.11 bits per heavy atom. The molecule has 2 rings (SSSR count). The molecule has 0 aliphatic carbocycles. The number of ether oxygens (including phenoxy) is 1. The molecular formula is C14H27N3O2. The van der Waals surface area contributed by atoms with Crippen molar-refractivity contribution >= 4 is 5.91 Å². The Labute approximate surface area is 116 Å². The number of nitrogens with one attached hydrogen (secondary N) is 1. The van der Waals surface area contributed by atoms with E-state index < -0.39 is 0 Å². The quantitative estimate of drug-likeness (QED) is 0.763. The highest BCUT2D eigenvalue weighted by atomic mass is 16.5. The van der Waals surface area contributed by atoms with E-state index in [9.17, 15) is 4.79 Å². The number of rotatable bonds is 6. The molecule has 1 amide bonds. The van der Waals surface area contributed by atoms with E-state index in [1.807, 2.05) is 4.90 Å². The number of hydrogen-bond donors (Lipinski definition) is 1. The van der Waals surface area contributed by atoms with Gasteiger partial charge in [0.05, 0.1) is 25.9 Å². The summed E-state index contributed by atoms with van der Waals surface area (Å²) in [6, 6.07) is 0.0355. The Bertz CT molecular complexity index is 292. The van der Waals surface area contributed by atoms with Crippen molar-refractivity contribution in [2.24, 2.45) is 5.92 Å². The van der Waals surface area contributed by atoms with Gasteiger partial charge < -0.3 is 9.64 Å². The minimum Gasteiger partial charge on any atom is -0.379 e. The van der Waals surface area contributed by atoms with Gasteiger partial charge in [0, 0.05) is 26.2 Å². The third-order valence-corrected chi connectivity index (χ3v) is 4.30. The van der Waals surface area contributed by atoms with E-state index in [0.717, 1.165) is 58.9 Å². The van der Waals surface area contributed by atoms with E-state index in [1.165, 1.54) is 0 Å². The number of carbonyl (C=O) groups excluding carboxylic acids is 1. The van der Waals surface area contributed by atoms with E-state index >= 15 is 0 Å². The first-order chi connectivity index (χ1) is 9.22. The number of morpholine rings is 1. The molecule has 2 aliphatic rings. The van der Waals surface area contributed by atoms with Crippen LogP contribution in [0.5, 0.6) is 0 Å². The highest BCUT2D eigenvalue weighted by Crippen LogP contribution is 2.15. The van der Waals surface area contributed by atoms with E-state index in [0.29, 0.717) is 5.92 Å². The summed E-state index contributed by atoms with van der Waals surface area (Å²) in [5.74, 6) is 0.716. The van der Waals surface area contributed by atoms with Gasteiger partial charge in [-0.05, 0) is 12.3 Å². The predicted octanol–water partition coefficient (Wildman–Crippen LogP) is 0.513. The molecule has 0 aromatic heterocycles. The molecular weight excluding hydrogens is 242 g/mol. The normalized spacial score (nSPS) is 26.9. The van der Waals surface area contributed by atoms with Gasteiger partial charge in [0.1, 0.15) is 0 Å². The number of hydrogen-bond acceptors (Lipinski definition) is 4. The Morgan fingerprint density at radius 1 is 1.37 bits per heavy atom. The molecule has 0 spiro atoms. The van der Waals surface area contributed by atoms with Crippen LogP contribution >= 0.6 is 0 Å². The standard InChI is InChI=1S/C14H27N3O2/c1-3-12(2)13-14(18)17(11-15-13)6-4-5-16-7-9-19-10-8-16/h12-13,15H,3-11H2,1-2H3. The summed E-state index contributed by atoms with van der Waals surface area (Å²) in [7, 11) is 0. The Morgan fingerprint density at radius 3 is 2.79 bits per heavy atom. The molecule has 2 aliphatic heterocycles. The lowest BCUT2D eigenvalue weighted by Gasteiger charge is -2.27. The Balaban J connectivity index is 1.67. The molecule has 0 saturated carbocycles. The average Bonchev–Trinajstić information content (AvgIpc) is 2.81. The summed E-state index contributed by atoms with van der Waals surface area (Å²) in [5.41, 5.74) is 0. The van der Waals surface area contributed by atoms with Crippen molar-refractivity contribution in [2.45, 2.75) is 32.7 Å². The van der Waals surface area contributed by atoms with Crippen molar-refractivity contribution in [1.29, 1.82) is 0 Å². The van der Waals surface area contributed by atoms with Crippen LogP contribution in [0, 0.1) is 5.92 Å². The molecule has 0 bridgehead atoms. The third-order valence-electron chi connectivity index (χ3n) is 4.30. The maximum atomic E-state index is 12.2. The monoisotopic (exact) mass is 269 g/mol. The van der Waals surface area contributed by atoms with Gasteiger partial charge in [-0.1, -0.05) is 20.3 Å². The van der Waals surface area contributed by atoms with Crippen LogP contribution in [-0.2, 0) is 9.53 Å². The molecule has 1 N–H and O–H groups in total. The van der Waals surface area contributed by atoms with E-state index in [1.54, 1.807) is 0 Å².